The molecule has 0 aliphatic carbocycles. The summed E-state index contributed by atoms with van der Waals surface area (Å²) in [6.07, 6.45) is 0. The fourth-order valence-corrected chi connectivity index (χ4v) is 1.69. The zero-order chi connectivity index (χ0) is 11.5. The van der Waals surface area contributed by atoms with Gasteiger partial charge in [0.25, 0.3) is 0 Å². The molecule has 1 aromatic heterocycles. The van der Waals surface area contributed by atoms with Crippen molar-refractivity contribution in [3.63, 3.8) is 0 Å². The van der Waals surface area contributed by atoms with Crippen molar-refractivity contribution in [2.24, 2.45) is 0 Å². The Bertz CT molecular complexity index is 549. The first-order valence-electron chi connectivity index (χ1n) is 4.93. The van der Waals surface area contributed by atoms with Gasteiger partial charge in [0.05, 0.1) is 11.6 Å². The molecule has 0 aliphatic rings. The minimum atomic E-state index is -0.111. The molecule has 2 rings (SSSR count). The Labute approximate surface area is 98.3 Å². The van der Waals surface area contributed by atoms with E-state index in [0.717, 1.165) is 11.4 Å². The molecule has 16 heavy (non-hydrogen) atoms. The van der Waals surface area contributed by atoms with Crippen molar-refractivity contribution in [3.8, 4) is 5.69 Å². The summed E-state index contributed by atoms with van der Waals surface area (Å²) in [7, 11) is 0. The second-order valence-electron chi connectivity index (χ2n) is 3.48. The predicted molar refractivity (Wildman–Crippen MR) is 64.1 cm³/mol. The Morgan fingerprint density at radius 1 is 1.31 bits per heavy atom. The topological polar surface area (TPSA) is 34.9 Å². The van der Waals surface area contributed by atoms with E-state index in [1.807, 2.05) is 37.3 Å². The van der Waals surface area contributed by atoms with E-state index in [2.05, 4.69) is 5.10 Å². The lowest BCUT2D eigenvalue weighted by atomic mass is 10.3. The highest BCUT2D eigenvalue weighted by Crippen LogP contribution is 2.08. The van der Waals surface area contributed by atoms with Crippen LogP contribution in [0.15, 0.2) is 41.2 Å². The third-order valence-electron chi connectivity index (χ3n) is 2.31. The molecular weight excluding hydrogens is 224 g/mol. The fourth-order valence-electron chi connectivity index (χ4n) is 1.51. The highest BCUT2D eigenvalue weighted by atomic mass is 35.5. The number of benzene rings is 1. The molecular formula is C12H11ClN2O. The summed E-state index contributed by atoms with van der Waals surface area (Å²) in [5.74, 6) is 0.131. The molecule has 0 aliphatic heterocycles. The molecule has 4 heteroatoms. The lowest BCUT2D eigenvalue weighted by molar-refractivity contribution is 0.772. The molecule has 0 radical (unpaired) electrons. The molecule has 1 aromatic carbocycles. The Morgan fingerprint density at radius 2 is 2.00 bits per heavy atom. The molecule has 0 amide bonds. The van der Waals surface area contributed by atoms with Crippen LogP contribution in [-0.2, 0) is 5.88 Å². The lowest BCUT2D eigenvalue weighted by Gasteiger charge is -2.09. The zero-order valence-corrected chi connectivity index (χ0v) is 9.61. The minimum absolute atomic E-state index is 0.111. The average Bonchev–Trinajstić information content (AvgIpc) is 2.30. The summed E-state index contributed by atoms with van der Waals surface area (Å²) >= 11 is 5.67. The minimum Gasteiger partial charge on any atom is -0.288 e. The van der Waals surface area contributed by atoms with Crippen LogP contribution >= 0.6 is 11.6 Å². The van der Waals surface area contributed by atoms with Gasteiger partial charge in [0.1, 0.15) is 5.69 Å². The van der Waals surface area contributed by atoms with Gasteiger partial charge >= 0.3 is 0 Å². The molecule has 2 aromatic rings. The Kier molecular flexibility index (Phi) is 3.06. The molecule has 1 heterocycles. The summed E-state index contributed by atoms with van der Waals surface area (Å²) in [6.45, 7) is 1.85. The van der Waals surface area contributed by atoms with Crippen molar-refractivity contribution >= 4 is 11.6 Å². The summed E-state index contributed by atoms with van der Waals surface area (Å²) in [5, 5.41) is 4.23. The molecule has 0 saturated carbocycles. The Hall–Kier alpha value is -1.61. The maximum absolute atomic E-state index is 11.5. The molecule has 0 saturated heterocycles. The van der Waals surface area contributed by atoms with Gasteiger partial charge in [0, 0.05) is 11.8 Å². The van der Waals surface area contributed by atoms with E-state index in [1.165, 1.54) is 0 Å². The van der Waals surface area contributed by atoms with E-state index >= 15 is 0 Å². The highest BCUT2D eigenvalue weighted by Gasteiger charge is 2.05. The third-order valence-corrected chi connectivity index (χ3v) is 2.56. The summed E-state index contributed by atoms with van der Waals surface area (Å²) in [6, 6.07) is 11.2. The van der Waals surface area contributed by atoms with Gasteiger partial charge < -0.3 is 0 Å². The first kappa shape index (κ1) is 10.9. The monoisotopic (exact) mass is 234 g/mol. The Balaban J connectivity index is 2.62. The normalized spacial score (nSPS) is 10.4. The number of hydrogen-bond acceptors (Lipinski definition) is 2. The third kappa shape index (κ3) is 1.99. The molecule has 3 nitrogen and oxygen atoms in total. The quantitative estimate of drug-likeness (QED) is 0.748. The molecule has 0 atom stereocenters. The van der Waals surface area contributed by atoms with Gasteiger partial charge in [0.2, 0.25) is 5.43 Å². The first-order valence-corrected chi connectivity index (χ1v) is 5.47. The van der Waals surface area contributed by atoms with Crippen LogP contribution in [0, 0.1) is 6.92 Å². The van der Waals surface area contributed by atoms with Crippen molar-refractivity contribution in [1.82, 2.24) is 9.78 Å². The second kappa shape index (κ2) is 4.49. The molecule has 0 spiro atoms. The van der Waals surface area contributed by atoms with Crippen molar-refractivity contribution < 1.29 is 0 Å². The molecule has 0 bridgehead atoms. The van der Waals surface area contributed by atoms with Crippen LogP contribution in [-0.4, -0.2) is 9.78 Å². The number of nitrogens with zero attached hydrogens (tertiary/aromatic N) is 2. The first-order chi connectivity index (χ1) is 7.72. The number of para-hydroxylation sites is 1. The van der Waals surface area contributed by atoms with E-state index < -0.39 is 0 Å². The number of aryl methyl sites for hydroxylation is 1. The van der Waals surface area contributed by atoms with Crippen LogP contribution in [0.3, 0.4) is 0 Å². The predicted octanol–water partition coefficient (Wildman–Crippen LogP) is 2.28. The van der Waals surface area contributed by atoms with Gasteiger partial charge in [-0.05, 0) is 19.1 Å². The number of aromatic nitrogens is 2. The number of halogens is 1. The number of hydrogen-bond donors (Lipinski definition) is 0. The molecule has 0 unspecified atom stereocenters. The second-order valence-corrected chi connectivity index (χ2v) is 3.74. The SMILES string of the molecule is Cc1cc(=O)c(CCl)nn1-c1ccccc1. The van der Waals surface area contributed by atoms with Crippen molar-refractivity contribution in [2.45, 2.75) is 12.8 Å². The van der Waals surface area contributed by atoms with Crippen molar-refractivity contribution in [1.29, 1.82) is 0 Å². The van der Waals surface area contributed by atoms with Gasteiger partial charge in [-0.3, -0.25) is 4.79 Å². The van der Waals surface area contributed by atoms with Gasteiger partial charge in [-0.2, -0.15) is 5.10 Å². The largest absolute Gasteiger partial charge is 0.288 e. The summed E-state index contributed by atoms with van der Waals surface area (Å²) in [4.78, 5) is 11.5. The van der Waals surface area contributed by atoms with Crippen LogP contribution in [0.25, 0.3) is 5.69 Å². The van der Waals surface area contributed by atoms with Crippen LogP contribution in [0.4, 0.5) is 0 Å². The van der Waals surface area contributed by atoms with Crippen LogP contribution in [0.2, 0.25) is 0 Å². The van der Waals surface area contributed by atoms with E-state index in [-0.39, 0.29) is 11.3 Å². The maximum atomic E-state index is 11.5. The Morgan fingerprint density at radius 3 is 2.62 bits per heavy atom. The smallest absolute Gasteiger partial charge is 0.204 e. The van der Waals surface area contributed by atoms with Crippen LogP contribution in [0.1, 0.15) is 11.4 Å². The number of alkyl halides is 1. The van der Waals surface area contributed by atoms with Crippen molar-refractivity contribution in [2.75, 3.05) is 0 Å². The van der Waals surface area contributed by atoms with E-state index in [4.69, 9.17) is 11.6 Å². The van der Waals surface area contributed by atoms with Gasteiger partial charge in [0.15, 0.2) is 0 Å². The van der Waals surface area contributed by atoms with Gasteiger partial charge in [-0.15, -0.1) is 11.6 Å². The van der Waals surface area contributed by atoms with Gasteiger partial charge in [-0.25, -0.2) is 4.68 Å². The fraction of sp³-hybridized carbons (Fsp3) is 0.167. The standard InChI is InChI=1S/C12H11ClN2O/c1-9-7-12(16)11(8-13)14-15(9)10-5-3-2-4-6-10/h2-7H,8H2,1H3. The molecule has 82 valence electrons. The molecule has 0 N–H and O–H groups in total. The maximum Gasteiger partial charge on any atom is 0.204 e. The zero-order valence-electron chi connectivity index (χ0n) is 8.85. The van der Waals surface area contributed by atoms with E-state index in [9.17, 15) is 4.79 Å². The van der Waals surface area contributed by atoms with E-state index in [1.54, 1.807) is 10.7 Å². The van der Waals surface area contributed by atoms with E-state index in [0.29, 0.717) is 5.69 Å². The van der Waals surface area contributed by atoms with Crippen molar-refractivity contribution in [3.05, 3.63) is 58.0 Å². The van der Waals surface area contributed by atoms with Gasteiger partial charge in [-0.1, -0.05) is 18.2 Å². The van der Waals surface area contributed by atoms with Crippen LogP contribution < -0.4 is 5.43 Å². The summed E-state index contributed by atoms with van der Waals surface area (Å²) < 4.78 is 1.72. The van der Waals surface area contributed by atoms with Crippen LogP contribution in [0.5, 0.6) is 0 Å². The molecule has 0 fully saturated rings. The number of rotatable bonds is 2. The highest BCUT2D eigenvalue weighted by molar-refractivity contribution is 6.16. The summed E-state index contributed by atoms with van der Waals surface area (Å²) in [5.41, 5.74) is 1.98. The average molecular weight is 235 g/mol. The lowest BCUT2D eigenvalue weighted by Crippen LogP contribution is -2.17.